The number of hydrogen-bond donors (Lipinski definition) is 4. The number of likely N-dealkylation sites (tertiary alicyclic amines) is 4. The zero-order valence-corrected chi connectivity index (χ0v) is 48.4. The van der Waals surface area contributed by atoms with Gasteiger partial charge in [0.15, 0.2) is 11.6 Å². The molecule has 0 saturated carbocycles. The smallest absolute Gasteiger partial charge is 0.316 e. The zero-order valence-electron chi connectivity index (χ0n) is 46.8. The number of Topliss-reactive ketones (excluding diaryl/α,β-unsaturated/α-hetero) is 2. The number of carboxylic acids is 1. The fourth-order valence-electron chi connectivity index (χ4n) is 10.5. The van der Waals surface area contributed by atoms with Crippen LogP contribution in [0.2, 0.25) is 0 Å². The van der Waals surface area contributed by atoms with Crippen LogP contribution in [0.25, 0.3) is 0 Å². The Morgan fingerprint density at radius 3 is 1.25 bits per heavy atom. The Morgan fingerprint density at radius 2 is 0.904 bits per heavy atom. The van der Waals surface area contributed by atoms with Crippen molar-refractivity contribution in [2.24, 2.45) is 35.3 Å². The molecule has 5 saturated heterocycles. The highest BCUT2D eigenvalue weighted by Gasteiger charge is 2.39. The van der Waals surface area contributed by atoms with Crippen molar-refractivity contribution in [3.8, 4) is 0 Å². The van der Waals surface area contributed by atoms with Crippen LogP contribution in [0, 0.1) is 29.6 Å². The van der Waals surface area contributed by atoms with E-state index in [1.165, 1.54) is 0 Å². The summed E-state index contributed by atoms with van der Waals surface area (Å²) >= 11 is 3.12. The molecule has 5 heterocycles. The molecular weight excluding hydrogens is 1130 g/mol. The van der Waals surface area contributed by atoms with Gasteiger partial charge in [-0.05, 0) is 78.9 Å². The molecular formula is C64H77BrF3N7O8. The predicted molar refractivity (Wildman–Crippen MR) is 315 cm³/mol. The van der Waals surface area contributed by atoms with Crippen molar-refractivity contribution in [2.75, 3.05) is 64.6 Å². The van der Waals surface area contributed by atoms with Crippen LogP contribution in [0.3, 0.4) is 0 Å². The first kappa shape index (κ1) is 65.1. The lowest BCUT2D eigenvalue weighted by atomic mass is 9.99. The van der Waals surface area contributed by atoms with Crippen LogP contribution in [0.4, 0.5) is 13.2 Å². The molecule has 0 aromatic heterocycles. The molecule has 0 bridgehead atoms. The Balaban J connectivity index is 0.000000171. The van der Waals surface area contributed by atoms with Gasteiger partial charge in [-0.15, -0.1) is 0 Å². The second kappa shape index (κ2) is 34.5. The molecule has 5 aromatic rings. The molecule has 10 rings (SSSR count). The van der Waals surface area contributed by atoms with E-state index in [-0.39, 0.29) is 53.4 Å². The van der Waals surface area contributed by atoms with Crippen LogP contribution in [-0.2, 0) is 66.3 Å². The third kappa shape index (κ3) is 20.1. The van der Waals surface area contributed by atoms with Crippen molar-refractivity contribution < 1.29 is 51.8 Å². The minimum Gasteiger partial charge on any atom is -0.481 e. The van der Waals surface area contributed by atoms with Crippen molar-refractivity contribution in [1.29, 1.82) is 0 Å². The lowest BCUT2D eigenvalue weighted by molar-refractivity contribution is -0.148. The molecule has 5 aliphatic rings. The molecule has 7 unspecified atom stereocenters. The van der Waals surface area contributed by atoms with Gasteiger partial charge in [-0.1, -0.05) is 168 Å². The quantitative estimate of drug-likeness (QED) is 0.0439. The van der Waals surface area contributed by atoms with Crippen molar-refractivity contribution in [1.82, 2.24) is 30.2 Å². The molecule has 4 amide bonds. The van der Waals surface area contributed by atoms with Crippen LogP contribution in [0.15, 0.2) is 152 Å². The number of carbonyl (C=O) groups is 7. The number of benzene rings is 5. The van der Waals surface area contributed by atoms with Gasteiger partial charge in [-0.2, -0.15) is 0 Å². The third-order valence-electron chi connectivity index (χ3n) is 15.4. The number of nitrogens with one attached hydrogen (secondary N) is 2. The van der Waals surface area contributed by atoms with Crippen LogP contribution >= 0.6 is 15.9 Å². The standard InChI is InChI=1S/C20H23FN2O.C13H14BrNO2.C13H14FNO2.C12H13NO3.C6H13FN2/c21-13-19(22-14-16-7-3-1-4-8-16)18-11-12-23(20(18)24)15-17-9-5-2-6-10-17;2*14-8-12(16)11-6-7-15(13(11)17)9-10-4-2-1-3-5-10;14-11-10(12(15)16)6-7-13(11)8-9-4-2-1-3-5-9;7-3-6(8)5-1-2-9-4-5/h1-10,18-19,22H,11-15H2;2*1-5,11H,6-9H2;1-5,10H,6-8H2,(H,15,16);5-6,9H,1-4,8H2. The Bertz CT molecular complexity index is 2730. The van der Waals surface area contributed by atoms with Crippen LogP contribution in [-0.4, -0.2) is 143 Å². The summed E-state index contributed by atoms with van der Waals surface area (Å²) < 4.78 is 37.6. The fourth-order valence-corrected chi connectivity index (χ4v) is 10.9. The number of carbonyl (C=O) groups excluding carboxylic acids is 6. The maximum absolute atomic E-state index is 13.5. The van der Waals surface area contributed by atoms with Gasteiger partial charge >= 0.3 is 5.97 Å². The van der Waals surface area contributed by atoms with E-state index in [9.17, 15) is 46.7 Å². The minimum atomic E-state index is -1.05. The first-order valence-corrected chi connectivity index (χ1v) is 29.4. The van der Waals surface area contributed by atoms with Crippen molar-refractivity contribution in [3.05, 3.63) is 179 Å². The van der Waals surface area contributed by atoms with Crippen molar-refractivity contribution in [3.63, 3.8) is 0 Å². The molecule has 5 N–H and O–H groups in total. The van der Waals surface area contributed by atoms with Gasteiger partial charge in [0.25, 0.3) is 0 Å². The number of rotatable bonds is 20. The molecule has 83 heavy (non-hydrogen) atoms. The summed E-state index contributed by atoms with van der Waals surface area (Å²) in [5.74, 6) is -4.03. The van der Waals surface area contributed by atoms with Gasteiger partial charge in [-0.25, -0.2) is 13.2 Å². The largest absolute Gasteiger partial charge is 0.481 e. The summed E-state index contributed by atoms with van der Waals surface area (Å²) in [5, 5.41) is 15.4. The second-order valence-electron chi connectivity index (χ2n) is 21.1. The first-order chi connectivity index (χ1) is 40.2. The van der Waals surface area contributed by atoms with Crippen molar-refractivity contribution in [2.45, 2.75) is 76.9 Å². The molecule has 5 aliphatic heterocycles. The number of amides is 4. The Hall–Kier alpha value is -7.06. The molecule has 5 fully saturated rings. The van der Waals surface area contributed by atoms with Gasteiger partial charge in [0.05, 0.1) is 17.2 Å². The summed E-state index contributed by atoms with van der Waals surface area (Å²) in [6.07, 6.45) is 3.25. The molecule has 7 atom stereocenters. The second-order valence-corrected chi connectivity index (χ2v) is 21.7. The lowest BCUT2D eigenvalue weighted by Gasteiger charge is -2.22. The number of carboxylic acid groups (broad SMARTS) is 1. The number of halogens is 4. The monoisotopic (exact) mass is 1210 g/mol. The first-order valence-electron chi connectivity index (χ1n) is 28.3. The number of nitrogens with zero attached hydrogens (tertiary/aromatic N) is 4. The highest BCUT2D eigenvalue weighted by atomic mass is 79.9. The molecule has 0 aliphatic carbocycles. The van der Waals surface area contributed by atoms with Gasteiger partial charge < -0.3 is 41.1 Å². The third-order valence-corrected chi connectivity index (χ3v) is 15.9. The van der Waals surface area contributed by atoms with Crippen LogP contribution in [0.1, 0.15) is 59.9 Å². The maximum atomic E-state index is 13.5. The lowest BCUT2D eigenvalue weighted by Crippen LogP contribution is -2.41. The van der Waals surface area contributed by atoms with Gasteiger partial charge in [0.1, 0.15) is 31.9 Å². The van der Waals surface area contributed by atoms with Crippen molar-refractivity contribution >= 4 is 57.1 Å². The number of hydrogen-bond acceptors (Lipinski definition) is 10. The Kier molecular flexibility index (Phi) is 27.1. The molecule has 444 valence electrons. The summed E-state index contributed by atoms with van der Waals surface area (Å²) in [6.45, 7) is 5.17. The molecule has 19 heteroatoms. The van der Waals surface area contributed by atoms with Crippen LogP contribution in [0.5, 0.6) is 0 Å². The molecule has 5 aromatic carbocycles. The summed E-state index contributed by atoms with van der Waals surface area (Å²) in [7, 11) is 0. The van der Waals surface area contributed by atoms with E-state index in [4.69, 9.17) is 10.8 Å². The normalized spacial score (nSPS) is 20.7. The van der Waals surface area contributed by atoms with E-state index >= 15 is 0 Å². The average Bonchev–Trinajstić information content (AvgIpc) is 4.60. The van der Waals surface area contributed by atoms with E-state index in [0.717, 1.165) is 47.3 Å². The van der Waals surface area contributed by atoms with Crippen LogP contribution < -0.4 is 16.4 Å². The number of nitrogens with two attached hydrogens (primary N) is 1. The molecule has 0 radical (unpaired) electrons. The summed E-state index contributed by atoms with van der Waals surface area (Å²) in [6, 6.07) is 48.2. The van der Waals surface area contributed by atoms with Gasteiger partial charge in [0.2, 0.25) is 23.6 Å². The van der Waals surface area contributed by atoms with E-state index in [1.807, 2.05) is 157 Å². The van der Waals surface area contributed by atoms with E-state index < -0.39 is 48.9 Å². The maximum Gasteiger partial charge on any atom is 0.316 e. The number of alkyl halides is 4. The minimum absolute atomic E-state index is 0.00874. The number of aliphatic carboxylic acids is 1. The van der Waals surface area contributed by atoms with Gasteiger partial charge in [0, 0.05) is 71.0 Å². The number of ketones is 2. The topological polar surface area (TPSA) is 203 Å². The SMILES string of the molecule is NC(CF)C1CCNC1.O=C(CBr)C1CCN(Cc2ccccc2)C1=O.O=C(CF)C1CCN(Cc2ccccc2)C1=O.O=C(O)C1CCN(Cc2ccccc2)C1=O.O=C1C(C(CF)NCc2ccccc2)CCN1Cc1ccccc1. The molecule has 0 spiro atoms. The Morgan fingerprint density at radius 1 is 0.530 bits per heavy atom. The highest BCUT2D eigenvalue weighted by molar-refractivity contribution is 9.09. The summed E-state index contributed by atoms with van der Waals surface area (Å²) in [4.78, 5) is 88.5. The van der Waals surface area contributed by atoms with E-state index in [1.54, 1.807) is 14.7 Å². The fraction of sp³-hybridized carbons (Fsp3) is 0.422. The van der Waals surface area contributed by atoms with E-state index in [2.05, 4.69) is 26.6 Å². The zero-order chi connectivity index (χ0) is 59.5. The predicted octanol–water partition coefficient (Wildman–Crippen LogP) is 7.75. The van der Waals surface area contributed by atoms with E-state index in [0.29, 0.717) is 90.5 Å². The van der Waals surface area contributed by atoms with Gasteiger partial charge in [-0.3, -0.25) is 33.6 Å². The molecule has 15 nitrogen and oxygen atoms in total. The average molecular weight is 1210 g/mol. The highest BCUT2D eigenvalue weighted by Crippen LogP contribution is 2.26. The summed E-state index contributed by atoms with van der Waals surface area (Å²) in [5.41, 5.74) is 10.8. The Labute approximate surface area is 493 Å².